The van der Waals surface area contributed by atoms with E-state index in [4.69, 9.17) is 33.4 Å². The van der Waals surface area contributed by atoms with Crippen LogP contribution in [0.3, 0.4) is 0 Å². The molecule has 0 aliphatic heterocycles. The maximum atomic E-state index is 6.13. The molecule has 0 radical (unpaired) electrons. The van der Waals surface area contributed by atoms with Crippen molar-refractivity contribution in [3.63, 3.8) is 0 Å². The highest BCUT2D eigenvalue weighted by Crippen LogP contribution is 2.29. The first-order valence-electron chi connectivity index (χ1n) is 5.32. The topological polar surface area (TPSA) is 39.2 Å². The van der Waals surface area contributed by atoms with Gasteiger partial charge in [-0.1, -0.05) is 35.3 Å². The lowest BCUT2D eigenvalue weighted by molar-refractivity contribution is 0.524. The van der Waals surface area contributed by atoms with Gasteiger partial charge in [0.05, 0.1) is 16.3 Å². The molecule has 0 spiro atoms. The van der Waals surface area contributed by atoms with Crippen LogP contribution in [0.25, 0.3) is 0 Å². The fourth-order valence-corrected chi connectivity index (χ4v) is 2.23. The summed E-state index contributed by atoms with van der Waals surface area (Å²) in [5, 5.41) is 1.13. The zero-order chi connectivity index (χ0) is 12.4. The van der Waals surface area contributed by atoms with E-state index in [0.717, 1.165) is 16.9 Å². The number of halogens is 2. The second-order valence-electron chi connectivity index (χ2n) is 3.96. The number of nitrogens with two attached hydrogens (primary N) is 1. The van der Waals surface area contributed by atoms with Gasteiger partial charge in [-0.25, -0.2) is 0 Å². The third kappa shape index (κ3) is 2.65. The molecule has 0 saturated heterocycles. The molecule has 2 rings (SSSR count). The summed E-state index contributed by atoms with van der Waals surface area (Å²) in [5.41, 5.74) is 8.08. The summed E-state index contributed by atoms with van der Waals surface area (Å²) in [6.45, 7) is 1.90. The fraction of sp³-hybridized carbons (Fsp3) is 0.231. The van der Waals surface area contributed by atoms with Gasteiger partial charge in [-0.05, 0) is 31.0 Å². The molecule has 0 amide bonds. The second-order valence-corrected chi connectivity index (χ2v) is 4.74. The average molecular weight is 270 g/mol. The summed E-state index contributed by atoms with van der Waals surface area (Å²) in [7, 11) is 0. The smallest absolute Gasteiger partial charge is 0.105 e. The van der Waals surface area contributed by atoms with E-state index in [1.807, 2.05) is 25.1 Å². The molecule has 2 nitrogen and oxygen atoms in total. The number of hydrogen-bond acceptors (Lipinski definition) is 2. The molecule has 1 heterocycles. The molecule has 2 aromatic rings. The maximum Gasteiger partial charge on any atom is 0.105 e. The van der Waals surface area contributed by atoms with Gasteiger partial charge in [-0.15, -0.1) is 0 Å². The third-order valence-electron chi connectivity index (χ3n) is 2.77. The number of furan rings is 1. The molecular weight excluding hydrogens is 257 g/mol. The van der Waals surface area contributed by atoms with Gasteiger partial charge in [0.1, 0.15) is 5.76 Å². The van der Waals surface area contributed by atoms with E-state index in [9.17, 15) is 0 Å². The summed E-state index contributed by atoms with van der Waals surface area (Å²) < 4.78 is 5.24. The van der Waals surface area contributed by atoms with Crippen LogP contribution in [0.5, 0.6) is 0 Å². The Morgan fingerprint density at radius 1 is 1.29 bits per heavy atom. The molecule has 0 aliphatic carbocycles. The van der Waals surface area contributed by atoms with Crippen molar-refractivity contribution < 1.29 is 4.42 Å². The summed E-state index contributed by atoms with van der Waals surface area (Å²) >= 11 is 12.1. The van der Waals surface area contributed by atoms with Crippen molar-refractivity contribution in [2.24, 2.45) is 5.73 Å². The summed E-state index contributed by atoms with van der Waals surface area (Å²) in [4.78, 5) is 0. The molecule has 17 heavy (non-hydrogen) atoms. The van der Waals surface area contributed by atoms with Crippen LogP contribution in [0, 0.1) is 6.92 Å². The van der Waals surface area contributed by atoms with Crippen molar-refractivity contribution in [3.8, 4) is 0 Å². The van der Waals surface area contributed by atoms with Gasteiger partial charge in [0.15, 0.2) is 0 Å². The fourth-order valence-electron chi connectivity index (χ4n) is 1.83. The zero-order valence-corrected chi connectivity index (χ0v) is 10.9. The summed E-state index contributed by atoms with van der Waals surface area (Å²) in [6, 6.07) is 7.33. The van der Waals surface area contributed by atoms with E-state index < -0.39 is 0 Å². The molecule has 4 heteroatoms. The highest BCUT2D eigenvalue weighted by molar-refractivity contribution is 6.42. The first kappa shape index (κ1) is 12.5. The van der Waals surface area contributed by atoms with Crippen LogP contribution in [0.1, 0.15) is 22.9 Å². The van der Waals surface area contributed by atoms with Gasteiger partial charge in [-0.2, -0.15) is 0 Å². The van der Waals surface area contributed by atoms with Gasteiger partial charge in [0.25, 0.3) is 0 Å². The predicted octanol–water partition coefficient (Wildman–Crippen LogP) is 4.14. The van der Waals surface area contributed by atoms with E-state index in [-0.39, 0.29) is 6.04 Å². The Morgan fingerprint density at radius 2 is 2.06 bits per heavy atom. The van der Waals surface area contributed by atoms with Crippen LogP contribution in [0.4, 0.5) is 0 Å². The Morgan fingerprint density at radius 3 is 2.71 bits per heavy atom. The third-order valence-corrected chi connectivity index (χ3v) is 3.63. The Balaban J connectivity index is 2.22. The van der Waals surface area contributed by atoms with Gasteiger partial charge < -0.3 is 10.2 Å². The maximum absolute atomic E-state index is 6.13. The molecule has 1 aromatic heterocycles. The van der Waals surface area contributed by atoms with Crippen molar-refractivity contribution in [1.82, 2.24) is 0 Å². The van der Waals surface area contributed by atoms with Gasteiger partial charge in [0, 0.05) is 11.6 Å². The molecule has 0 saturated carbocycles. The van der Waals surface area contributed by atoms with Crippen molar-refractivity contribution >= 4 is 23.2 Å². The standard InChI is InChI=1S/C13H13Cl2NO/c1-8-10(5-6-17-8)12(16)7-9-3-2-4-11(14)13(9)15/h2-6,12H,7,16H2,1H3. The first-order chi connectivity index (χ1) is 8.09. The van der Waals surface area contributed by atoms with Gasteiger partial charge in [-0.3, -0.25) is 0 Å². The Hall–Kier alpha value is -0.960. The predicted molar refractivity (Wildman–Crippen MR) is 70.5 cm³/mol. The first-order valence-corrected chi connectivity index (χ1v) is 6.07. The molecule has 2 N–H and O–H groups in total. The molecule has 90 valence electrons. The monoisotopic (exact) mass is 269 g/mol. The Labute approximate surface area is 110 Å². The SMILES string of the molecule is Cc1occc1C(N)Cc1cccc(Cl)c1Cl. The van der Waals surface area contributed by atoms with E-state index in [1.165, 1.54) is 0 Å². The largest absolute Gasteiger partial charge is 0.469 e. The van der Waals surface area contributed by atoms with Crippen molar-refractivity contribution in [2.75, 3.05) is 0 Å². The van der Waals surface area contributed by atoms with E-state index >= 15 is 0 Å². The Kier molecular flexibility index (Phi) is 3.77. The van der Waals surface area contributed by atoms with E-state index in [2.05, 4.69) is 0 Å². The van der Waals surface area contributed by atoms with Gasteiger partial charge >= 0.3 is 0 Å². The van der Waals surface area contributed by atoms with E-state index in [1.54, 1.807) is 12.3 Å². The molecule has 1 aromatic carbocycles. The number of hydrogen-bond donors (Lipinski definition) is 1. The minimum atomic E-state index is -0.135. The van der Waals surface area contributed by atoms with E-state index in [0.29, 0.717) is 16.5 Å². The molecule has 1 atom stereocenters. The molecular formula is C13H13Cl2NO. The molecule has 0 aliphatic rings. The minimum absolute atomic E-state index is 0.135. The lowest BCUT2D eigenvalue weighted by Crippen LogP contribution is -2.13. The summed E-state index contributed by atoms with van der Waals surface area (Å²) in [5.74, 6) is 0.843. The van der Waals surface area contributed by atoms with Crippen molar-refractivity contribution in [2.45, 2.75) is 19.4 Å². The molecule has 0 bridgehead atoms. The van der Waals surface area contributed by atoms with Crippen LogP contribution in [0.2, 0.25) is 10.0 Å². The number of rotatable bonds is 3. The highest BCUT2D eigenvalue weighted by atomic mass is 35.5. The van der Waals surface area contributed by atoms with Crippen LogP contribution in [-0.2, 0) is 6.42 Å². The number of aryl methyl sites for hydroxylation is 1. The Bertz CT molecular complexity index is 522. The zero-order valence-electron chi connectivity index (χ0n) is 9.41. The van der Waals surface area contributed by atoms with Crippen molar-refractivity contribution in [1.29, 1.82) is 0 Å². The van der Waals surface area contributed by atoms with Crippen LogP contribution in [-0.4, -0.2) is 0 Å². The van der Waals surface area contributed by atoms with Crippen LogP contribution in [0.15, 0.2) is 34.9 Å². The quantitative estimate of drug-likeness (QED) is 0.910. The summed E-state index contributed by atoms with van der Waals surface area (Å²) in [6.07, 6.45) is 2.28. The van der Waals surface area contributed by atoms with Crippen LogP contribution < -0.4 is 5.73 Å². The number of benzene rings is 1. The molecule has 0 fully saturated rings. The van der Waals surface area contributed by atoms with Crippen molar-refractivity contribution in [3.05, 3.63) is 57.5 Å². The lowest BCUT2D eigenvalue weighted by atomic mass is 10.0. The molecule has 1 unspecified atom stereocenters. The lowest BCUT2D eigenvalue weighted by Gasteiger charge is -2.12. The van der Waals surface area contributed by atoms with Gasteiger partial charge in [0.2, 0.25) is 0 Å². The normalized spacial score (nSPS) is 12.7. The highest BCUT2D eigenvalue weighted by Gasteiger charge is 2.14. The average Bonchev–Trinajstić information content (AvgIpc) is 2.71. The minimum Gasteiger partial charge on any atom is -0.469 e. The second kappa shape index (κ2) is 5.13. The van der Waals surface area contributed by atoms with Crippen LogP contribution >= 0.6 is 23.2 Å².